The molecular formula is C18H17NO4. The van der Waals surface area contributed by atoms with Crippen LogP contribution in [0.4, 0.5) is 0 Å². The minimum absolute atomic E-state index is 0.0460. The summed E-state index contributed by atoms with van der Waals surface area (Å²) >= 11 is 0. The Bertz CT molecular complexity index is 774. The van der Waals surface area contributed by atoms with E-state index in [0.29, 0.717) is 16.5 Å². The number of hydrogen-bond acceptors (Lipinski definition) is 3. The van der Waals surface area contributed by atoms with E-state index < -0.39 is 23.8 Å². The van der Waals surface area contributed by atoms with Crippen molar-refractivity contribution in [3.63, 3.8) is 0 Å². The fraction of sp³-hybridized carbons (Fsp3) is 0.278. The van der Waals surface area contributed by atoms with Crippen LogP contribution in [0.3, 0.4) is 0 Å². The molecule has 118 valence electrons. The Morgan fingerprint density at radius 1 is 1.04 bits per heavy atom. The van der Waals surface area contributed by atoms with Gasteiger partial charge in [-0.25, -0.2) is 4.79 Å². The highest BCUT2D eigenvalue weighted by atomic mass is 16.4. The molecule has 2 aromatic carbocycles. The van der Waals surface area contributed by atoms with E-state index in [1.54, 1.807) is 24.3 Å². The van der Waals surface area contributed by atoms with Crippen molar-refractivity contribution in [2.24, 2.45) is 5.92 Å². The molecule has 5 heteroatoms. The average Bonchev–Trinajstić information content (AvgIpc) is 2.51. The van der Waals surface area contributed by atoms with E-state index in [9.17, 15) is 19.5 Å². The minimum atomic E-state index is -1.16. The quantitative estimate of drug-likeness (QED) is 0.881. The fourth-order valence-corrected chi connectivity index (χ4v) is 3.10. The van der Waals surface area contributed by atoms with Crippen molar-refractivity contribution in [1.29, 1.82) is 0 Å². The maximum Gasteiger partial charge on any atom is 0.326 e. The summed E-state index contributed by atoms with van der Waals surface area (Å²) in [6.07, 6.45) is 0.227. The number of carboxylic acids is 1. The van der Waals surface area contributed by atoms with Gasteiger partial charge in [0.25, 0.3) is 11.8 Å². The molecule has 1 N–H and O–H groups in total. The molecule has 0 aliphatic carbocycles. The van der Waals surface area contributed by atoms with Crippen molar-refractivity contribution in [1.82, 2.24) is 4.90 Å². The highest BCUT2D eigenvalue weighted by molar-refractivity contribution is 6.26. The second-order valence-corrected chi connectivity index (χ2v) is 6.17. The van der Waals surface area contributed by atoms with E-state index in [-0.39, 0.29) is 12.3 Å². The number of carbonyl (C=O) groups is 3. The molecule has 0 saturated heterocycles. The van der Waals surface area contributed by atoms with Gasteiger partial charge in [-0.3, -0.25) is 14.5 Å². The smallest absolute Gasteiger partial charge is 0.326 e. The molecule has 0 radical (unpaired) electrons. The number of carbonyl (C=O) groups excluding carboxylic acids is 2. The number of amides is 2. The van der Waals surface area contributed by atoms with Gasteiger partial charge in [-0.05, 0) is 29.9 Å². The molecule has 2 aromatic rings. The second kappa shape index (κ2) is 5.50. The number of benzene rings is 2. The van der Waals surface area contributed by atoms with Crippen LogP contribution in [0.2, 0.25) is 0 Å². The monoisotopic (exact) mass is 311 g/mol. The number of rotatable bonds is 4. The van der Waals surface area contributed by atoms with Gasteiger partial charge in [0.15, 0.2) is 0 Å². The third-order valence-electron chi connectivity index (χ3n) is 4.09. The summed E-state index contributed by atoms with van der Waals surface area (Å²) in [6.45, 7) is 3.73. The second-order valence-electron chi connectivity index (χ2n) is 6.17. The van der Waals surface area contributed by atoms with Crippen LogP contribution in [-0.4, -0.2) is 33.8 Å². The van der Waals surface area contributed by atoms with Crippen molar-refractivity contribution in [2.45, 2.75) is 26.3 Å². The lowest BCUT2D eigenvalue weighted by atomic mass is 9.91. The van der Waals surface area contributed by atoms with Gasteiger partial charge in [0.1, 0.15) is 6.04 Å². The van der Waals surface area contributed by atoms with Crippen molar-refractivity contribution in [2.75, 3.05) is 0 Å². The molecule has 1 unspecified atom stereocenters. The van der Waals surface area contributed by atoms with Crippen LogP contribution in [0, 0.1) is 5.92 Å². The number of nitrogens with zero attached hydrogens (tertiary/aromatic N) is 1. The van der Waals surface area contributed by atoms with Crippen LogP contribution in [0.5, 0.6) is 0 Å². The molecule has 0 saturated carbocycles. The van der Waals surface area contributed by atoms with Crippen LogP contribution in [0.15, 0.2) is 36.4 Å². The standard InChI is InChI=1S/C18H17NO4/c1-10(2)9-14(18(22)23)19-16(20)12-7-3-5-11-6-4-8-13(15(11)12)17(19)21/h3-8,10,14H,9H2,1-2H3,(H,22,23). The first-order valence-corrected chi connectivity index (χ1v) is 7.54. The van der Waals surface area contributed by atoms with Gasteiger partial charge in [0.2, 0.25) is 0 Å². The van der Waals surface area contributed by atoms with Gasteiger partial charge in [-0.15, -0.1) is 0 Å². The van der Waals surface area contributed by atoms with Crippen molar-refractivity contribution in [3.8, 4) is 0 Å². The van der Waals surface area contributed by atoms with Crippen molar-refractivity contribution >= 4 is 28.6 Å². The Morgan fingerprint density at radius 3 is 2.00 bits per heavy atom. The van der Waals surface area contributed by atoms with Crippen LogP contribution in [-0.2, 0) is 4.79 Å². The Labute approximate surface area is 133 Å². The molecule has 5 nitrogen and oxygen atoms in total. The first kappa shape index (κ1) is 15.2. The normalized spacial score (nSPS) is 15.3. The molecule has 0 spiro atoms. The third kappa shape index (κ3) is 2.38. The number of hydrogen-bond donors (Lipinski definition) is 1. The van der Waals surface area contributed by atoms with Gasteiger partial charge in [-0.2, -0.15) is 0 Å². The largest absolute Gasteiger partial charge is 0.480 e. The maximum atomic E-state index is 12.8. The van der Waals surface area contributed by atoms with Gasteiger partial charge in [0.05, 0.1) is 0 Å². The van der Waals surface area contributed by atoms with Gasteiger partial charge in [0, 0.05) is 16.5 Å². The first-order valence-electron chi connectivity index (χ1n) is 7.54. The van der Waals surface area contributed by atoms with E-state index in [0.717, 1.165) is 10.3 Å². The van der Waals surface area contributed by atoms with E-state index in [1.165, 1.54) is 0 Å². The topological polar surface area (TPSA) is 74.7 Å². The average molecular weight is 311 g/mol. The summed E-state index contributed by atoms with van der Waals surface area (Å²) in [5.41, 5.74) is 0.764. The van der Waals surface area contributed by atoms with Gasteiger partial charge < -0.3 is 5.11 Å². The predicted octanol–water partition coefficient (Wildman–Crippen LogP) is 2.94. The van der Waals surface area contributed by atoms with Crippen LogP contribution in [0.1, 0.15) is 41.0 Å². The summed E-state index contributed by atoms with van der Waals surface area (Å²) in [5, 5.41) is 10.9. The lowest BCUT2D eigenvalue weighted by molar-refractivity contribution is -0.142. The summed E-state index contributed by atoms with van der Waals surface area (Å²) in [7, 11) is 0. The van der Waals surface area contributed by atoms with Crippen LogP contribution >= 0.6 is 0 Å². The third-order valence-corrected chi connectivity index (χ3v) is 4.09. The van der Waals surface area contributed by atoms with E-state index >= 15 is 0 Å². The Kier molecular flexibility index (Phi) is 3.64. The Balaban J connectivity index is 2.18. The predicted molar refractivity (Wildman–Crippen MR) is 85.3 cm³/mol. The molecule has 1 aliphatic rings. The highest BCUT2D eigenvalue weighted by Crippen LogP contribution is 2.31. The molecule has 2 amide bonds. The van der Waals surface area contributed by atoms with Gasteiger partial charge >= 0.3 is 5.97 Å². The summed E-state index contributed by atoms with van der Waals surface area (Å²) in [6, 6.07) is 9.28. The molecule has 0 aromatic heterocycles. The number of carboxylic acid groups (broad SMARTS) is 1. The summed E-state index contributed by atoms with van der Waals surface area (Å²) < 4.78 is 0. The van der Waals surface area contributed by atoms with Crippen LogP contribution in [0.25, 0.3) is 10.8 Å². The zero-order chi connectivity index (χ0) is 16.7. The summed E-state index contributed by atoms with van der Waals surface area (Å²) in [4.78, 5) is 38.1. The minimum Gasteiger partial charge on any atom is -0.480 e. The molecule has 1 atom stereocenters. The Hall–Kier alpha value is -2.69. The zero-order valence-corrected chi connectivity index (χ0v) is 12.9. The molecule has 1 heterocycles. The van der Waals surface area contributed by atoms with Crippen molar-refractivity contribution < 1.29 is 19.5 Å². The molecule has 0 bridgehead atoms. The number of imide groups is 1. The molecule has 23 heavy (non-hydrogen) atoms. The summed E-state index contributed by atoms with van der Waals surface area (Å²) in [5.74, 6) is -2.18. The zero-order valence-electron chi connectivity index (χ0n) is 12.9. The van der Waals surface area contributed by atoms with Crippen molar-refractivity contribution in [3.05, 3.63) is 47.5 Å². The lowest BCUT2D eigenvalue weighted by Crippen LogP contribution is -2.51. The van der Waals surface area contributed by atoms with E-state index in [4.69, 9.17) is 0 Å². The van der Waals surface area contributed by atoms with E-state index in [1.807, 2.05) is 26.0 Å². The maximum absolute atomic E-state index is 12.8. The SMILES string of the molecule is CC(C)CC(C(=O)O)N1C(=O)c2cccc3cccc(c23)C1=O. The van der Waals surface area contributed by atoms with Crippen LogP contribution < -0.4 is 0 Å². The molecule has 0 fully saturated rings. The van der Waals surface area contributed by atoms with E-state index in [2.05, 4.69) is 0 Å². The number of aliphatic carboxylic acids is 1. The fourth-order valence-electron chi connectivity index (χ4n) is 3.10. The molecular weight excluding hydrogens is 294 g/mol. The molecule has 1 aliphatic heterocycles. The first-order chi connectivity index (χ1) is 10.9. The Morgan fingerprint density at radius 2 is 1.57 bits per heavy atom. The molecule has 3 rings (SSSR count). The lowest BCUT2D eigenvalue weighted by Gasteiger charge is -2.32. The van der Waals surface area contributed by atoms with Gasteiger partial charge in [-0.1, -0.05) is 38.1 Å². The highest BCUT2D eigenvalue weighted by Gasteiger charge is 2.40.